The van der Waals surface area contributed by atoms with Crippen LogP contribution in [0.4, 0.5) is 4.79 Å². The molecule has 0 aliphatic heterocycles. The van der Waals surface area contributed by atoms with Crippen molar-refractivity contribution in [2.24, 2.45) is 28.6 Å². The van der Waals surface area contributed by atoms with Crippen LogP contribution in [0.1, 0.15) is 54.4 Å². The summed E-state index contributed by atoms with van der Waals surface area (Å²) in [4.78, 5) is 24.3. The van der Waals surface area contributed by atoms with E-state index in [1.165, 1.54) is 0 Å². The van der Waals surface area contributed by atoms with E-state index in [0.717, 1.165) is 18.4 Å². The molecule has 3 N–H and O–H groups in total. The smallest absolute Gasteiger partial charge is 0.407 e. The highest BCUT2D eigenvalue weighted by Gasteiger charge is 2.63. The molecule has 0 heterocycles. The van der Waals surface area contributed by atoms with Gasteiger partial charge in [0, 0.05) is 12.0 Å². The van der Waals surface area contributed by atoms with E-state index < -0.39 is 34.4 Å². The first-order chi connectivity index (χ1) is 11.8. The summed E-state index contributed by atoms with van der Waals surface area (Å²) < 4.78 is 5.33. The predicted molar refractivity (Wildman–Crippen MR) is 98.6 cm³/mol. The SMILES string of the molecule is CC(C)(C)OC(=O)NC[C@@]1(C(C(=O)O)C(C)(C)C)C[C@@H]2CC(CO)=C[C@@H]21. The first kappa shape index (κ1) is 20.7. The molecule has 2 aliphatic rings. The maximum absolute atomic E-state index is 12.2. The Morgan fingerprint density at radius 1 is 1.31 bits per heavy atom. The Bertz CT molecular complexity index is 598. The van der Waals surface area contributed by atoms with Gasteiger partial charge in [-0.15, -0.1) is 0 Å². The molecule has 0 saturated heterocycles. The third-order valence-electron chi connectivity index (χ3n) is 5.61. The van der Waals surface area contributed by atoms with Crippen LogP contribution in [-0.4, -0.2) is 41.0 Å². The molecule has 0 aromatic heterocycles. The van der Waals surface area contributed by atoms with Crippen molar-refractivity contribution >= 4 is 12.1 Å². The predicted octanol–water partition coefficient (Wildman–Crippen LogP) is 3.20. The van der Waals surface area contributed by atoms with Crippen LogP contribution >= 0.6 is 0 Å². The Morgan fingerprint density at radius 3 is 2.38 bits per heavy atom. The minimum atomic E-state index is -0.840. The fourth-order valence-electron chi connectivity index (χ4n) is 4.97. The molecular weight excluding hydrogens is 334 g/mol. The van der Waals surface area contributed by atoms with Crippen LogP contribution in [0.15, 0.2) is 11.6 Å². The van der Waals surface area contributed by atoms with Crippen molar-refractivity contribution in [2.75, 3.05) is 13.2 Å². The van der Waals surface area contributed by atoms with E-state index in [1.807, 2.05) is 26.8 Å². The van der Waals surface area contributed by atoms with Gasteiger partial charge in [-0.25, -0.2) is 4.79 Å². The minimum Gasteiger partial charge on any atom is -0.481 e. The highest BCUT2D eigenvalue weighted by Crippen LogP contribution is 2.64. The van der Waals surface area contributed by atoms with Gasteiger partial charge in [0.15, 0.2) is 0 Å². The number of ether oxygens (including phenoxy) is 1. The lowest BCUT2D eigenvalue weighted by molar-refractivity contribution is -0.167. The normalized spacial score (nSPS) is 29.3. The summed E-state index contributed by atoms with van der Waals surface area (Å²) in [7, 11) is 0. The van der Waals surface area contributed by atoms with E-state index in [2.05, 4.69) is 5.32 Å². The molecule has 26 heavy (non-hydrogen) atoms. The molecule has 1 fully saturated rings. The van der Waals surface area contributed by atoms with Gasteiger partial charge < -0.3 is 20.3 Å². The van der Waals surface area contributed by atoms with E-state index in [-0.39, 0.29) is 19.1 Å². The first-order valence-electron chi connectivity index (χ1n) is 9.30. The number of carbonyl (C=O) groups excluding carboxylic acids is 1. The van der Waals surface area contributed by atoms with E-state index in [1.54, 1.807) is 20.8 Å². The largest absolute Gasteiger partial charge is 0.481 e. The Balaban J connectivity index is 2.28. The van der Waals surface area contributed by atoms with Crippen molar-refractivity contribution in [3.63, 3.8) is 0 Å². The zero-order valence-electron chi connectivity index (χ0n) is 16.8. The molecule has 0 aromatic rings. The highest BCUT2D eigenvalue weighted by molar-refractivity contribution is 5.73. The number of aliphatic carboxylic acids is 1. The summed E-state index contributed by atoms with van der Waals surface area (Å²) in [6.07, 6.45) is 3.04. The lowest BCUT2D eigenvalue weighted by atomic mass is 9.46. The molecule has 1 saturated carbocycles. The van der Waals surface area contributed by atoms with Crippen molar-refractivity contribution in [3.8, 4) is 0 Å². The van der Waals surface area contributed by atoms with E-state index >= 15 is 0 Å². The van der Waals surface area contributed by atoms with Gasteiger partial charge in [0.1, 0.15) is 5.60 Å². The first-order valence-corrected chi connectivity index (χ1v) is 9.30. The molecule has 0 radical (unpaired) electrons. The van der Waals surface area contributed by atoms with Crippen molar-refractivity contribution in [1.82, 2.24) is 5.32 Å². The molecule has 1 amide bonds. The van der Waals surface area contributed by atoms with Crippen molar-refractivity contribution < 1.29 is 24.5 Å². The molecule has 0 aromatic carbocycles. The molecule has 6 nitrogen and oxygen atoms in total. The van der Waals surface area contributed by atoms with Gasteiger partial charge in [-0.3, -0.25) is 4.79 Å². The zero-order valence-corrected chi connectivity index (χ0v) is 16.8. The van der Waals surface area contributed by atoms with Crippen molar-refractivity contribution in [2.45, 2.75) is 60.0 Å². The van der Waals surface area contributed by atoms with Gasteiger partial charge in [-0.05, 0) is 56.4 Å². The van der Waals surface area contributed by atoms with Crippen molar-refractivity contribution in [3.05, 3.63) is 11.6 Å². The average Bonchev–Trinajstić information content (AvgIpc) is 2.77. The fourth-order valence-corrected chi connectivity index (χ4v) is 4.97. The maximum atomic E-state index is 12.2. The summed E-state index contributed by atoms with van der Waals surface area (Å²) in [5, 5.41) is 22.3. The Hall–Kier alpha value is -1.56. The second kappa shape index (κ2) is 6.87. The molecule has 2 rings (SSSR count). The second-order valence-corrected chi connectivity index (χ2v) is 9.90. The van der Waals surface area contributed by atoms with E-state index in [9.17, 15) is 19.8 Å². The monoisotopic (exact) mass is 367 g/mol. The molecule has 1 unspecified atom stereocenters. The molecule has 148 valence electrons. The van der Waals surface area contributed by atoms with Crippen molar-refractivity contribution in [1.29, 1.82) is 0 Å². The van der Waals surface area contributed by atoms with E-state index in [0.29, 0.717) is 5.92 Å². The number of rotatable bonds is 5. The highest BCUT2D eigenvalue weighted by atomic mass is 16.6. The second-order valence-electron chi connectivity index (χ2n) is 9.90. The summed E-state index contributed by atoms with van der Waals surface area (Å²) in [5.74, 6) is -1.05. The number of hydrogen-bond donors (Lipinski definition) is 3. The number of aliphatic hydroxyl groups is 1. The number of carboxylic acids is 1. The number of allylic oxidation sites excluding steroid dienone is 1. The molecule has 2 aliphatic carbocycles. The van der Waals surface area contributed by atoms with E-state index in [4.69, 9.17) is 4.74 Å². The van der Waals surface area contributed by atoms with Gasteiger partial charge in [0.25, 0.3) is 0 Å². The lowest BCUT2D eigenvalue weighted by Crippen LogP contribution is -2.61. The number of nitrogens with one attached hydrogen (secondary N) is 1. The number of carbonyl (C=O) groups is 2. The Labute approximate surface area is 156 Å². The molecule has 0 bridgehead atoms. The molecular formula is C20H33NO5. The number of amides is 1. The number of fused-ring (bicyclic) bond motifs is 1. The minimum absolute atomic E-state index is 0.00975. The molecule has 0 spiro atoms. The van der Waals surface area contributed by atoms with Gasteiger partial charge in [-0.2, -0.15) is 0 Å². The Kier molecular flexibility index (Phi) is 5.48. The topological polar surface area (TPSA) is 95.9 Å². The average molecular weight is 367 g/mol. The number of aliphatic hydroxyl groups excluding tert-OH is 1. The van der Waals surface area contributed by atoms with Crippen LogP contribution < -0.4 is 5.32 Å². The van der Waals surface area contributed by atoms with Gasteiger partial charge >= 0.3 is 12.1 Å². The van der Waals surface area contributed by atoms with Gasteiger partial charge in [0.05, 0.1) is 12.5 Å². The van der Waals surface area contributed by atoms with Gasteiger partial charge in [0.2, 0.25) is 0 Å². The van der Waals surface area contributed by atoms with Crippen LogP contribution in [0.3, 0.4) is 0 Å². The number of alkyl carbamates (subject to hydrolysis) is 1. The standard InChI is InChI=1S/C20H33NO5/c1-18(2,3)15(16(23)24)20(11-21-17(25)26-19(4,5)6)9-13-7-12(10-22)8-14(13)20/h8,13-15,22H,7,9-11H2,1-6H3,(H,21,25)(H,23,24)/t13-,14-,15?,20-/m0/s1. The zero-order chi connectivity index (χ0) is 19.9. The third-order valence-corrected chi connectivity index (χ3v) is 5.61. The number of hydrogen-bond acceptors (Lipinski definition) is 4. The van der Waals surface area contributed by atoms with Gasteiger partial charge in [-0.1, -0.05) is 26.8 Å². The van der Waals surface area contributed by atoms with Crippen LogP contribution in [0, 0.1) is 28.6 Å². The van der Waals surface area contributed by atoms with Crippen LogP contribution in [0.2, 0.25) is 0 Å². The summed E-state index contributed by atoms with van der Waals surface area (Å²) in [5.41, 5.74) is -0.658. The maximum Gasteiger partial charge on any atom is 0.407 e. The quantitative estimate of drug-likeness (QED) is 0.649. The summed E-state index contributed by atoms with van der Waals surface area (Å²) in [6.45, 7) is 11.4. The third kappa shape index (κ3) is 4.05. The number of carboxylic acid groups (broad SMARTS) is 1. The van der Waals surface area contributed by atoms with Crippen LogP contribution in [-0.2, 0) is 9.53 Å². The van der Waals surface area contributed by atoms with Crippen LogP contribution in [0.25, 0.3) is 0 Å². The fraction of sp³-hybridized carbons (Fsp3) is 0.800. The summed E-state index contributed by atoms with van der Waals surface area (Å²) >= 11 is 0. The van der Waals surface area contributed by atoms with Crippen LogP contribution in [0.5, 0.6) is 0 Å². The summed E-state index contributed by atoms with van der Waals surface area (Å²) in [6, 6.07) is 0. The molecule has 6 heteroatoms. The Morgan fingerprint density at radius 2 is 1.92 bits per heavy atom. The molecule has 4 atom stereocenters. The lowest BCUT2D eigenvalue weighted by Gasteiger charge is -2.58.